The molecule has 0 aliphatic carbocycles. The monoisotopic (exact) mass is 339 g/mol. The van der Waals surface area contributed by atoms with E-state index in [0.717, 1.165) is 17.5 Å². The molecule has 1 heterocycles. The predicted molar refractivity (Wildman–Crippen MR) is 90.3 cm³/mol. The second kappa shape index (κ2) is 6.96. The van der Waals surface area contributed by atoms with Crippen LogP contribution in [0.5, 0.6) is 0 Å². The number of benzene rings is 2. The number of para-hydroxylation sites is 1. The fourth-order valence-electron chi connectivity index (χ4n) is 2.34. The minimum atomic E-state index is -0.583. The molecule has 0 saturated heterocycles. The van der Waals surface area contributed by atoms with E-state index in [2.05, 4.69) is 15.8 Å². The molecule has 0 fully saturated rings. The SMILES string of the molecule is O=C(Cc1cc2ccccc2[nH]c1=O)NNC(=O)c1ccc(F)cc1. The molecule has 1 aromatic heterocycles. The Labute approximate surface area is 141 Å². The van der Waals surface area contributed by atoms with Gasteiger partial charge in [0.1, 0.15) is 5.82 Å². The van der Waals surface area contributed by atoms with Gasteiger partial charge in [0.2, 0.25) is 5.91 Å². The fourth-order valence-corrected chi connectivity index (χ4v) is 2.34. The van der Waals surface area contributed by atoms with Crippen molar-refractivity contribution in [3.63, 3.8) is 0 Å². The summed E-state index contributed by atoms with van der Waals surface area (Å²) in [7, 11) is 0. The molecule has 0 aliphatic heterocycles. The summed E-state index contributed by atoms with van der Waals surface area (Å²) >= 11 is 0. The normalized spacial score (nSPS) is 10.4. The lowest BCUT2D eigenvalue weighted by Gasteiger charge is -2.08. The molecule has 0 bridgehead atoms. The van der Waals surface area contributed by atoms with E-state index in [1.807, 2.05) is 12.1 Å². The number of aromatic amines is 1. The molecule has 126 valence electrons. The van der Waals surface area contributed by atoms with Gasteiger partial charge in [0.15, 0.2) is 0 Å². The number of hydrogen-bond acceptors (Lipinski definition) is 3. The summed E-state index contributed by atoms with van der Waals surface area (Å²) in [5.74, 6) is -1.59. The number of nitrogens with one attached hydrogen (secondary N) is 3. The van der Waals surface area contributed by atoms with E-state index in [1.165, 1.54) is 12.1 Å². The van der Waals surface area contributed by atoms with Gasteiger partial charge in [0.25, 0.3) is 11.5 Å². The molecule has 0 atom stereocenters. The first-order valence-electron chi connectivity index (χ1n) is 7.48. The molecule has 3 rings (SSSR count). The molecule has 2 amide bonds. The van der Waals surface area contributed by atoms with Crippen LogP contribution in [0.1, 0.15) is 15.9 Å². The fraction of sp³-hybridized carbons (Fsp3) is 0.0556. The standard InChI is InChI=1S/C18H14FN3O3/c19-14-7-5-11(6-8-14)18(25)22-21-16(23)10-13-9-12-3-1-2-4-15(12)20-17(13)24/h1-9H,10H2,(H,20,24)(H,21,23)(H,22,25). The van der Waals surface area contributed by atoms with E-state index >= 15 is 0 Å². The first kappa shape index (κ1) is 16.4. The van der Waals surface area contributed by atoms with Crippen LogP contribution in [0, 0.1) is 5.82 Å². The number of pyridine rings is 1. The predicted octanol–water partition coefficient (Wildman–Crippen LogP) is 1.67. The van der Waals surface area contributed by atoms with Gasteiger partial charge < -0.3 is 4.98 Å². The van der Waals surface area contributed by atoms with Gasteiger partial charge in [-0.2, -0.15) is 0 Å². The van der Waals surface area contributed by atoms with Crippen molar-refractivity contribution in [1.29, 1.82) is 0 Å². The Morgan fingerprint density at radius 1 is 1.00 bits per heavy atom. The zero-order valence-electron chi connectivity index (χ0n) is 13.0. The minimum absolute atomic E-state index is 0.191. The van der Waals surface area contributed by atoms with E-state index in [-0.39, 0.29) is 23.1 Å². The lowest BCUT2D eigenvalue weighted by atomic mass is 10.1. The molecule has 0 radical (unpaired) electrons. The number of carbonyl (C=O) groups is 2. The summed E-state index contributed by atoms with van der Waals surface area (Å²) < 4.78 is 12.8. The van der Waals surface area contributed by atoms with Crippen LogP contribution in [0.2, 0.25) is 0 Å². The molecule has 2 aromatic carbocycles. The molecule has 7 heteroatoms. The molecular weight excluding hydrogens is 325 g/mol. The van der Waals surface area contributed by atoms with Crippen molar-refractivity contribution in [2.24, 2.45) is 0 Å². The maximum atomic E-state index is 12.8. The Morgan fingerprint density at radius 3 is 2.48 bits per heavy atom. The molecule has 0 spiro atoms. The third kappa shape index (κ3) is 3.89. The van der Waals surface area contributed by atoms with Crippen LogP contribution in [-0.4, -0.2) is 16.8 Å². The van der Waals surface area contributed by atoms with Crippen molar-refractivity contribution in [3.8, 4) is 0 Å². The van der Waals surface area contributed by atoms with E-state index in [1.54, 1.807) is 18.2 Å². The van der Waals surface area contributed by atoms with Crippen LogP contribution in [0.4, 0.5) is 4.39 Å². The molecule has 0 saturated carbocycles. The van der Waals surface area contributed by atoms with Gasteiger partial charge in [-0.15, -0.1) is 0 Å². The number of hydrazine groups is 1. The van der Waals surface area contributed by atoms with E-state index in [4.69, 9.17) is 0 Å². The van der Waals surface area contributed by atoms with Gasteiger partial charge in [-0.3, -0.25) is 25.2 Å². The summed E-state index contributed by atoms with van der Waals surface area (Å²) in [5.41, 5.74) is 5.26. The van der Waals surface area contributed by atoms with Crippen molar-refractivity contribution in [1.82, 2.24) is 15.8 Å². The lowest BCUT2D eigenvalue weighted by molar-refractivity contribution is -0.121. The van der Waals surface area contributed by atoms with Gasteiger partial charge >= 0.3 is 0 Å². The van der Waals surface area contributed by atoms with E-state index in [9.17, 15) is 18.8 Å². The van der Waals surface area contributed by atoms with Crippen LogP contribution in [0.3, 0.4) is 0 Å². The first-order chi connectivity index (χ1) is 12.0. The summed E-state index contributed by atoms with van der Waals surface area (Å²) in [6.07, 6.45) is -0.191. The molecular formula is C18H14FN3O3. The zero-order valence-corrected chi connectivity index (χ0v) is 13.0. The van der Waals surface area contributed by atoms with Crippen LogP contribution < -0.4 is 16.4 Å². The quantitative estimate of drug-likeness (QED) is 0.634. The minimum Gasteiger partial charge on any atom is -0.322 e. The molecule has 3 aromatic rings. The number of carbonyl (C=O) groups excluding carboxylic acids is 2. The van der Waals surface area contributed by atoms with E-state index < -0.39 is 17.6 Å². The van der Waals surface area contributed by atoms with Crippen molar-refractivity contribution < 1.29 is 14.0 Å². The van der Waals surface area contributed by atoms with Crippen molar-refractivity contribution in [2.45, 2.75) is 6.42 Å². The van der Waals surface area contributed by atoms with Crippen LogP contribution in [0.15, 0.2) is 59.4 Å². The summed E-state index contributed by atoms with van der Waals surface area (Å²) in [6, 6.07) is 13.7. The van der Waals surface area contributed by atoms with E-state index in [0.29, 0.717) is 5.52 Å². The van der Waals surface area contributed by atoms with Crippen molar-refractivity contribution in [2.75, 3.05) is 0 Å². The second-order valence-corrected chi connectivity index (χ2v) is 5.40. The van der Waals surface area contributed by atoms with Crippen molar-refractivity contribution >= 4 is 22.7 Å². The summed E-state index contributed by atoms with van der Waals surface area (Å²) in [4.78, 5) is 38.5. The Bertz CT molecular complexity index is 996. The van der Waals surface area contributed by atoms with Crippen LogP contribution >= 0.6 is 0 Å². The number of aromatic nitrogens is 1. The third-order valence-corrected chi connectivity index (χ3v) is 3.60. The number of halogens is 1. The number of hydrogen-bond donors (Lipinski definition) is 3. The highest BCUT2D eigenvalue weighted by atomic mass is 19.1. The lowest BCUT2D eigenvalue weighted by Crippen LogP contribution is -2.42. The average molecular weight is 339 g/mol. The first-order valence-corrected chi connectivity index (χ1v) is 7.48. The van der Waals surface area contributed by atoms with Crippen molar-refractivity contribution in [3.05, 3.63) is 81.9 Å². The third-order valence-electron chi connectivity index (χ3n) is 3.60. The topological polar surface area (TPSA) is 91.1 Å². The van der Waals surface area contributed by atoms with Crippen LogP contribution in [0.25, 0.3) is 10.9 Å². The highest BCUT2D eigenvalue weighted by molar-refractivity contribution is 5.95. The molecule has 0 aliphatic rings. The molecule has 6 nitrogen and oxygen atoms in total. The maximum Gasteiger partial charge on any atom is 0.269 e. The number of H-pyrrole nitrogens is 1. The maximum absolute atomic E-state index is 12.8. The Morgan fingerprint density at radius 2 is 1.72 bits per heavy atom. The molecule has 0 unspecified atom stereocenters. The highest BCUT2D eigenvalue weighted by Crippen LogP contribution is 2.10. The number of rotatable bonds is 3. The van der Waals surface area contributed by atoms with Gasteiger partial charge in [-0.05, 0) is 41.8 Å². The molecule has 3 N–H and O–H groups in total. The smallest absolute Gasteiger partial charge is 0.269 e. The average Bonchev–Trinajstić information content (AvgIpc) is 2.61. The number of fused-ring (bicyclic) bond motifs is 1. The Kier molecular flexibility index (Phi) is 4.56. The van der Waals surface area contributed by atoms with Crippen LogP contribution in [-0.2, 0) is 11.2 Å². The highest BCUT2D eigenvalue weighted by Gasteiger charge is 2.11. The Hall–Kier alpha value is -3.48. The van der Waals surface area contributed by atoms with Gasteiger partial charge in [0.05, 0.1) is 6.42 Å². The summed E-state index contributed by atoms with van der Waals surface area (Å²) in [5, 5.41) is 0.806. The van der Waals surface area contributed by atoms with Gasteiger partial charge in [-0.1, -0.05) is 18.2 Å². The van der Waals surface area contributed by atoms with Gasteiger partial charge in [-0.25, -0.2) is 4.39 Å². The Balaban J connectivity index is 1.64. The zero-order chi connectivity index (χ0) is 17.8. The summed E-state index contributed by atoms with van der Waals surface area (Å²) in [6.45, 7) is 0. The molecule has 25 heavy (non-hydrogen) atoms. The number of amides is 2. The van der Waals surface area contributed by atoms with Gasteiger partial charge in [0, 0.05) is 16.6 Å². The largest absolute Gasteiger partial charge is 0.322 e. The second-order valence-electron chi connectivity index (χ2n) is 5.40.